The summed E-state index contributed by atoms with van der Waals surface area (Å²) >= 11 is 0. The van der Waals surface area contributed by atoms with Crippen LogP contribution in [-0.4, -0.2) is 38.0 Å². The van der Waals surface area contributed by atoms with Crippen LogP contribution in [0.5, 0.6) is 0 Å². The number of methoxy groups -OCH3 is 1. The van der Waals surface area contributed by atoms with Crippen molar-refractivity contribution in [1.82, 2.24) is 25.0 Å². The molecular formula is C20H22N6O3. The summed E-state index contributed by atoms with van der Waals surface area (Å²) in [6.07, 6.45) is 3.86. The molecule has 0 aliphatic heterocycles. The number of aromatic amines is 1. The van der Waals surface area contributed by atoms with E-state index in [-0.39, 0.29) is 18.0 Å². The molecule has 0 fully saturated rings. The lowest BCUT2D eigenvalue weighted by Crippen LogP contribution is -2.31. The molecule has 9 heteroatoms. The number of nitrogens with one attached hydrogen (secondary N) is 2. The summed E-state index contributed by atoms with van der Waals surface area (Å²) in [5.41, 5.74) is 3.02. The van der Waals surface area contributed by atoms with Gasteiger partial charge in [-0.25, -0.2) is 9.67 Å². The molecule has 2 N–H and O–H groups in total. The van der Waals surface area contributed by atoms with Crippen molar-refractivity contribution in [2.75, 3.05) is 12.4 Å². The van der Waals surface area contributed by atoms with E-state index in [1.165, 1.54) is 4.68 Å². The highest BCUT2D eigenvalue weighted by molar-refractivity contribution is 5.91. The molecule has 2 aromatic heterocycles. The predicted octanol–water partition coefficient (Wildman–Crippen LogP) is 1.69. The van der Waals surface area contributed by atoms with E-state index >= 15 is 0 Å². The van der Waals surface area contributed by atoms with E-state index in [9.17, 15) is 9.59 Å². The summed E-state index contributed by atoms with van der Waals surface area (Å²) < 4.78 is 6.26. The first-order valence-electron chi connectivity index (χ1n) is 9.53. The van der Waals surface area contributed by atoms with Crippen molar-refractivity contribution in [1.29, 1.82) is 0 Å². The molecule has 3 aromatic rings. The zero-order chi connectivity index (χ0) is 20.2. The van der Waals surface area contributed by atoms with Crippen LogP contribution in [0.3, 0.4) is 0 Å². The van der Waals surface area contributed by atoms with E-state index in [4.69, 9.17) is 4.74 Å². The van der Waals surface area contributed by atoms with Gasteiger partial charge in [0.1, 0.15) is 13.2 Å². The minimum Gasteiger partial charge on any atom is -0.377 e. The van der Waals surface area contributed by atoms with Gasteiger partial charge in [0.05, 0.1) is 5.69 Å². The van der Waals surface area contributed by atoms with Gasteiger partial charge in [0.2, 0.25) is 5.91 Å². The topological polar surface area (TPSA) is 115 Å². The number of hydrogen-bond donors (Lipinski definition) is 2. The normalized spacial score (nSPS) is 13.1. The van der Waals surface area contributed by atoms with Crippen LogP contribution in [-0.2, 0) is 35.5 Å². The van der Waals surface area contributed by atoms with Crippen molar-refractivity contribution in [3.63, 3.8) is 0 Å². The maximum absolute atomic E-state index is 12.5. The van der Waals surface area contributed by atoms with Crippen molar-refractivity contribution < 1.29 is 9.53 Å². The van der Waals surface area contributed by atoms with Gasteiger partial charge < -0.3 is 10.1 Å². The summed E-state index contributed by atoms with van der Waals surface area (Å²) in [5.74, 6) is 0.818. The first kappa shape index (κ1) is 19.0. The van der Waals surface area contributed by atoms with Crippen LogP contribution in [0.1, 0.15) is 29.9 Å². The molecule has 1 aliphatic rings. The first-order valence-corrected chi connectivity index (χ1v) is 9.53. The van der Waals surface area contributed by atoms with E-state index in [1.807, 2.05) is 6.07 Å². The van der Waals surface area contributed by atoms with Crippen LogP contribution < -0.4 is 10.9 Å². The molecule has 2 heterocycles. The van der Waals surface area contributed by atoms with E-state index in [0.29, 0.717) is 23.9 Å². The van der Waals surface area contributed by atoms with Crippen molar-refractivity contribution in [3.8, 4) is 11.4 Å². The second-order valence-electron chi connectivity index (χ2n) is 6.99. The summed E-state index contributed by atoms with van der Waals surface area (Å²) in [6, 6.07) is 8.82. The summed E-state index contributed by atoms with van der Waals surface area (Å²) in [6.45, 7) is 0.209. The average Bonchev–Trinajstić information content (AvgIpc) is 3.18. The Morgan fingerprint density at radius 2 is 2.14 bits per heavy atom. The molecule has 0 radical (unpaired) electrons. The number of carbonyl (C=O) groups is 1. The van der Waals surface area contributed by atoms with Crippen LogP contribution in [0.2, 0.25) is 0 Å². The van der Waals surface area contributed by atoms with Gasteiger partial charge in [-0.2, -0.15) is 10.2 Å². The zero-order valence-electron chi connectivity index (χ0n) is 16.1. The minimum atomic E-state index is -0.317. The van der Waals surface area contributed by atoms with E-state index < -0.39 is 0 Å². The number of fused-ring (bicyclic) bond motifs is 1. The first-order chi connectivity index (χ1) is 14.1. The lowest BCUT2D eigenvalue weighted by molar-refractivity contribution is -0.117. The summed E-state index contributed by atoms with van der Waals surface area (Å²) in [7, 11) is 1.58. The third-order valence-electron chi connectivity index (χ3n) is 4.78. The lowest BCUT2D eigenvalue weighted by atomic mass is 9.97. The van der Waals surface area contributed by atoms with Gasteiger partial charge in [0, 0.05) is 24.4 Å². The van der Waals surface area contributed by atoms with Crippen molar-refractivity contribution in [2.24, 2.45) is 0 Å². The second-order valence-corrected chi connectivity index (χ2v) is 6.99. The fourth-order valence-corrected chi connectivity index (χ4v) is 3.41. The standard InChI is InChI=1S/C20H22N6O3/c1-29-12-17-22-20(24-23-17)14-6-4-7-15(9-14)21-18(27)11-26-19(28)10-13-5-2-3-8-16(13)25-26/h4,6-7,9-10H,2-3,5,8,11-12H2,1H3,(H,21,27)(H,22,23,24). The molecule has 1 amide bonds. The molecule has 0 unspecified atom stereocenters. The van der Waals surface area contributed by atoms with Crippen molar-refractivity contribution >= 4 is 11.6 Å². The molecule has 0 atom stereocenters. The highest BCUT2D eigenvalue weighted by atomic mass is 16.5. The number of aryl methyl sites for hydroxylation is 2. The molecular weight excluding hydrogens is 372 g/mol. The number of rotatable bonds is 6. The number of anilines is 1. The second kappa shape index (κ2) is 8.36. The molecule has 150 valence electrons. The molecule has 29 heavy (non-hydrogen) atoms. The maximum atomic E-state index is 12.5. The third-order valence-corrected chi connectivity index (χ3v) is 4.78. The molecule has 0 saturated carbocycles. The van der Waals surface area contributed by atoms with E-state index in [0.717, 1.165) is 42.5 Å². The number of amides is 1. The highest BCUT2D eigenvalue weighted by Crippen LogP contribution is 2.20. The van der Waals surface area contributed by atoms with E-state index in [1.54, 1.807) is 31.4 Å². The number of hydrogen-bond acceptors (Lipinski definition) is 6. The van der Waals surface area contributed by atoms with Crippen LogP contribution in [0.25, 0.3) is 11.4 Å². The van der Waals surface area contributed by atoms with Crippen LogP contribution in [0.15, 0.2) is 35.1 Å². The lowest BCUT2D eigenvalue weighted by Gasteiger charge is -2.15. The highest BCUT2D eigenvalue weighted by Gasteiger charge is 2.15. The molecule has 1 aromatic carbocycles. The van der Waals surface area contributed by atoms with Crippen LogP contribution in [0, 0.1) is 0 Å². The number of ether oxygens (including phenoxy) is 1. The SMILES string of the molecule is COCc1nc(-c2cccc(NC(=O)Cn3nc4c(cc3=O)CCCC4)c2)n[nH]1. The Bertz CT molecular complexity index is 1090. The number of nitrogens with zero attached hydrogens (tertiary/aromatic N) is 4. The van der Waals surface area contributed by atoms with Gasteiger partial charge in [-0.05, 0) is 43.4 Å². The smallest absolute Gasteiger partial charge is 0.267 e. The third kappa shape index (κ3) is 4.40. The molecule has 1 aliphatic carbocycles. The number of benzene rings is 1. The zero-order valence-corrected chi connectivity index (χ0v) is 16.1. The summed E-state index contributed by atoms with van der Waals surface area (Å²) in [4.78, 5) is 29.1. The maximum Gasteiger partial charge on any atom is 0.267 e. The Kier molecular flexibility index (Phi) is 5.48. The van der Waals surface area contributed by atoms with Crippen LogP contribution in [0.4, 0.5) is 5.69 Å². The van der Waals surface area contributed by atoms with Gasteiger partial charge in [-0.1, -0.05) is 12.1 Å². The van der Waals surface area contributed by atoms with Gasteiger partial charge >= 0.3 is 0 Å². The molecule has 4 rings (SSSR count). The van der Waals surface area contributed by atoms with E-state index in [2.05, 4.69) is 25.6 Å². The number of aromatic nitrogens is 5. The average molecular weight is 394 g/mol. The van der Waals surface area contributed by atoms with Crippen molar-refractivity contribution in [3.05, 3.63) is 57.8 Å². The summed E-state index contributed by atoms with van der Waals surface area (Å²) in [5, 5.41) is 14.2. The quantitative estimate of drug-likeness (QED) is 0.658. The Balaban J connectivity index is 1.47. The Hall–Kier alpha value is -3.33. The minimum absolute atomic E-state index is 0.130. The van der Waals surface area contributed by atoms with Gasteiger partial charge in [0.15, 0.2) is 11.6 Å². The Morgan fingerprint density at radius 1 is 1.28 bits per heavy atom. The molecule has 9 nitrogen and oxygen atoms in total. The fraction of sp³-hybridized carbons (Fsp3) is 0.350. The predicted molar refractivity (Wildman–Crippen MR) is 106 cm³/mol. The van der Waals surface area contributed by atoms with Gasteiger partial charge in [-0.15, -0.1) is 0 Å². The van der Waals surface area contributed by atoms with Crippen molar-refractivity contribution in [2.45, 2.75) is 38.8 Å². The Labute approximate surface area is 167 Å². The van der Waals surface area contributed by atoms with Gasteiger partial charge in [-0.3, -0.25) is 14.7 Å². The Morgan fingerprint density at radius 3 is 3.00 bits per heavy atom. The van der Waals surface area contributed by atoms with Gasteiger partial charge in [0.25, 0.3) is 5.56 Å². The fourth-order valence-electron chi connectivity index (χ4n) is 3.41. The molecule has 0 spiro atoms. The monoisotopic (exact) mass is 394 g/mol. The van der Waals surface area contributed by atoms with Crippen LogP contribution >= 0.6 is 0 Å². The number of H-pyrrole nitrogens is 1. The number of carbonyl (C=O) groups excluding carboxylic acids is 1. The molecule has 0 saturated heterocycles. The molecule has 0 bridgehead atoms. The largest absolute Gasteiger partial charge is 0.377 e.